The molecule has 1 saturated heterocycles. The molecule has 3 heterocycles. The lowest BCUT2D eigenvalue weighted by Crippen LogP contribution is -2.44. The lowest BCUT2D eigenvalue weighted by molar-refractivity contribution is 0.102. The molecular weight excluding hydrogens is 400 g/mol. The van der Waals surface area contributed by atoms with Gasteiger partial charge < -0.3 is 15.1 Å². The van der Waals surface area contributed by atoms with Gasteiger partial charge in [-0.25, -0.2) is 9.67 Å². The number of carbonyl (C=O) groups is 1. The summed E-state index contributed by atoms with van der Waals surface area (Å²) in [5, 5.41) is 8.91. The summed E-state index contributed by atoms with van der Waals surface area (Å²) in [4.78, 5) is 22.4. The number of aromatic nitrogens is 3. The molecule has 0 unspecified atom stereocenters. The van der Waals surface area contributed by atoms with Crippen LogP contribution < -0.4 is 10.2 Å². The van der Waals surface area contributed by atoms with E-state index in [2.05, 4.69) is 46.1 Å². The Balaban J connectivity index is 1.64. The van der Waals surface area contributed by atoms with Crippen molar-refractivity contribution in [3.8, 4) is 0 Å². The number of hydrogen-bond acceptors (Lipinski definition) is 5. The van der Waals surface area contributed by atoms with Crippen LogP contribution in [0.5, 0.6) is 0 Å². The van der Waals surface area contributed by atoms with Gasteiger partial charge in [0.25, 0.3) is 5.91 Å². The van der Waals surface area contributed by atoms with Crippen LogP contribution in [0.4, 0.5) is 11.4 Å². The number of hydrogen-bond donors (Lipinski definition) is 1. The second kappa shape index (κ2) is 8.24. The van der Waals surface area contributed by atoms with Gasteiger partial charge in [0.2, 0.25) is 0 Å². The Morgan fingerprint density at radius 2 is 1.90 bits per heavy atom. The van der Waals surface area contributed by atoms with E-state index in [1.165, 1.54) is 0 Å². The summed E-state index contributed by atoms with van der Waals surface area (Å²) in [5.41, 5.74) is 3.70. The molecule has 0 saturated carbocycles. The number of nitrogens with zero attached hydrogens (tertiary/aromatic N) is 5. The monoisotopic (exact) mass is 426 g/mol. The Morgan fingerprint density at radius 1 is 1.17 bits per heavy atom. The first-order chi connectivity index (χ1) is 14.3. The SMILES string of the molecule is Cc1nc2c(cnn2C(C)C)cc1C(=O)Nc1cc(Cl)ccc1N1CCN(C)CC1. The summed E-state index contributed by atoms with van der Waals surface area (Å²) in [5.74, 6) is -0.197. The van der Waals surface area contributed by atoms with Gasteiger partial charge in [0.15, 0.2) is 5.65 Å². The predicted octanol–water partition coefficient (Wildman–Crippen LogP) is 3.98. The third-order valence-electron chi connectivity index (χ3n) is 5.54. The lowest BCUT2D eigenvalue weighted by Gasteiger charge is -2.35. The summed E-state index contributed by atoms with van der Waals surface area (Å²) in [7, 11) is 2.12. The Hall–Kier alpha value is -2.64. The summed E-state index contributed by atoms with van der Waals surface area (Å²) < 4.78 is 1.87. The minimum atomic E-state index is -0.197. The molecular formula is C22H27ClN6O. The van der Waals surface area contributed by atoms with Gasteiger partial charge in [-0.3, -0.25) is 4.79 Å². The van der Waals surface area contributed by atoms with Gasteiger partial charge in [0.05, 0.1) is 28.8 Å². The van der Waals surface area contributed by atoms with Crippen LogP contribution in [0.25, 0.3) is 11.0 Å². The van der Waals surface area contributed by atoms with E-state index >= 15 is 0 Å². The molecule has 1 amide bonds. The zero-order valence-corrected chi connectivity index (χ0v) is 18.6. The molecule has 8 heteroatoms. The smallest absolute Gasteiger partial charge is 0.257 e. The number of pyridine rings is 1. The van der Waals surface area contributed by atoms with Crippen molar-refractivity contribution in [3.05, 3.63) is 46.7 Å². The van der Waals surface area contributed by atoms with E-state index in [4.69, 9.17) is 11.6 Å². The molecule has 0 bridgehead atoms. The van der Waals surface area contributed by atoms with Gasteiger partial charge in [0.1, 0.15) is 0 Å². The van der Waals surface area contributed by atoms with Crippen molar-refractivity contribution in [1.29, 1.82) is 0 Å². The quantitative estimate of drug-likeness (QED) is 0.683. The normalized spacial score (nSPS) is 15.2. The van der Waals surface area contributed by atoms with Crippen molar-refractivity contribution >= 4 is 39.9 Å². The third-order valence-corrected chi connectivity index (χ3v) is 5.78. The van der Waals surface area contributed by atoms with Gasteiger partial charge in [-0.1, -0.05) is 11.6 Å². The average Bonchev–Trinajstić information content (AvgIpc) is 3.11. The Bertz CT molecular complexity index is 1080. The first-order valence-electron chi connectivity index (χ1n) is 10.2. The van der Waals surface area contributed by atoms with Crippen molar-refractivity contribution < 1.29 is 4.79 Å². The van der Waals surface area contributed by atoms with Gasteiger partial charge in [0, 0.05) is 42.6 Å². The van der Waals surface area contributed by atoms with E-state index in [0.717, 1.165) is 48.6 Å². The Labute approximate surface area is 181 Å². The highest BCUT2D eigenvalue weighted by molar-refractivity contribution is 6.31. The summed E-state index contributed by atoms with van der Waals surface area (Å²) in [6, 6.07) is 7.71. The summed E-state index contributed by atoms with van der Waals surface area (Å²) >= 11 is 6.25. The number of carbonyl (C=O) groups excluding carboxylic acids is 1. The topological polar surface area (TPSA) is 66.3 Å². The second-order valence-electron chi connectivity index (χ2n) is 8.12. The molecule has 1 aliphatic heterocycles. The standard InChI is InChI=1S/C22H27ClN6O/c1-14(2)29-21-16(13-24-29)11-18(15(3)25-21)22(30)26-19-12-17(23)5-6-20(19)28-9-7-27(4)8-10-28/h5-6,11-14H,7-10H2,1-4H3,(H,26,30). The zero-order valence-electron chi connectivity index (χ0n) is 17.8. The summed E-state index contributed by atoms with van der Waals surface area (Å²) in [6.45, 7) is 9.74. The van der Waals surface area contributed by atoms with Gasteiger partial charge >= 0.3 is 0 Å². The van der Waals surface area contributed by atoms with Crippen LogP contribution in [-0.2, 0) is 0 Å². The number of aryl methyl sites for hydroxylation is 1. The zero-order chi connectivity index (χ0) is 21.4. The number of piperazine rings is 1. The van der Waals surface area contributed by atoms with Crippen molar-refractivity contribution in [2.75, 3.05) is 43.4 Å². The van der Waals surface area contributed by atoms with Crippen LogP contribution in [0.3, 0.4) is 0 Å². The fraction of sp³-hybridized carbons (Fsp3) is 0.409. The fourth-order valence-corrected chi connectivity index (χ4v) is 3.97. The van der Waals surface area contributed by atoms with Gasteiger partial charge in [-0.2, -0.15) is 5.10 Å². The largest absolute Gasteiger partial charge is 0.367 e. The molecule has 2 aromatic heterocycles. The second-order valence-corrected chi connectivity index (χ2v) is 8.56. The maximum Gasteiger partial charge on any atom is 0.257 e. The minimum Gasteiger partial charge on any atom is -0.367 e. The number of rotatable bonds is 4. The Kier molecular flexibility index (Phi) is 5.66. The number of fused-ring (bicyclic) bond motifs is 1. The molecule has 4 rings (SSSR count). The van der Waals surface area contributed by atoms with Crippen molar-refractivity contribution in [2.24, 2.45) is 0 Å². The summed E-state index contributed by atoms with van der Waals surface area (Å²) in [6.07, 6.45) is 1.76. The van der Waals surface area contributed by atoms with E-state index in [1.807, 2.05) is 35.9 Å². The van der Waals surface area contributed by atoms with Crippen LogP contribution in [-0.4, -0.2) is 58.8 Å². The average molecular weight is 427 g/mol. The Morgan fingerprint density at radius 3 is 2.60 bits per heavy atom. The van der Waals surface area contributed by atoms with Crippen LogP contribution in [0.15, 0.2) is 30.5 Å². The van der Waals surface area contributed by atoms with Crippen molar-refractivity contribution in [3.63, 3.8) is 0 Å². The number of amides is 1. The highest BCUT2D eigenvalue weighted by atomic mass is 35.5. The molecule has 0 radical (unpaired) electrons. The molecule has 158 valence electrons. The number of halogens is 1. The van der Waals surface area contributed by atoms with E-state index in [1.54, 1.807) is 6.20 Å². The van der Waals surface area contributed by atoms with E-state index < -0.39 is 0 Å². The van der Waals surface area contributed by atoms with Crippen LogP contribution in [0.1, 0.15) is 35.9 Å². The first-order valence-corrected chi connectivity index (χ1v) is 10.6. The number of benzene rings is 1. The maximum absolute atomic E-state index is 13.2. The minimum absolute atomic E-state index is 0.197. The molecule has 7 nitrogen and oxygen atoms in total. The van der Waals surface area contributed by atoms with Crippen LogP contribution >= 0.6 is 11.6 Å². The van der Waals surface area contributed by atoms with Crippen molar-refractivity contribution in [2.45, 2.75) is 26.8 Å². The molecule has 3 aromatic rings. The van der Waals surface area contributed by atoms with Crippen LogP contribution in [0, 0.1) is 6.92 Å². The number of likely N-dealkylation sites (N-methyl/N-ethyl adjacent to an activating group) is 1. The molecule has 0 aliphatic carbocycles. The number of anilines is 2. The van der Waals surface area contributed by atoms with Crippen molar-refractivity contribution in [1.82, 2.24) is 19.7 Å². The highest BCUT2D eigenvalue weighted by Gasteiger charge is 2.20. The van der Waals surface area contributed by atoms with E-state index in [0.29, 0.717) is 16.3 Å². The van der Waals surface area contributed by atoms with Crippen LogP contribution in [0.2, 0.25) is 5.02 Å². The highest BCUT2D eigenvalue weighted by Crippen LogP contribution is 2.31. The molecule has 1 aliphatic rings. The predicted molar refractivity (Wildman–Crippen MR) is 122 cm³/mol. The van der Waals surface area contributed by atoms with E-state index in [9.17, 15) is 4.79 Å². The first kappa shape index (κ1) is 20.6. The molecule has 0 spiro atoms. The third kappa shape index (κ3) is 4.00. The van der Waals surface area contributed by atoms with Gasteiger partial charge in [-0.15, -0.1) is 0 Å². The molecule has 1 fully saturated rings. The molecule has 1 N–H and O–H groups in total. The van der Waals surface area contributed by atoms with Gasteiger partial charge in [-0.05, 0) is 52.1 Å². The molecule has 1 aromatic carbocycles. The lowest BCUT2D eigenvalue weighted by atomic mass is 10.1. The maximum atomic E-state index is 13.2. The molecule has 0 atom stereocenters. The number of nitrogens with one attached hydrogen (secondary N) is 1. The van der Waals surface area contributed by atoms with E-state index in [-0.39, 0.29) is 11.9 Å². The fourth-order valence-electron chi connectivity index (χ4n) is 3.79. The molecule has 30 heavy (non-hydrogen) atoms.